The average Bonchev–Trinajstić information content (AvgIpc) is 2.68. The predicted molar refractivity (Wildman–Crippen MR) is 104 cm³/mol. The van der Waals surface area contributed by atoms with Crippen LogP contribution in [-0.2, 0) is 4.74 Å². The van der Waals surface area contributed by atoms with Gasteiger partial charge in [-0.3, -0.25) is 9.78 Å². The van der Waals surface area contributed by atoms with Gasteiger partial charge in [-0.15, -0.1) is 0 Å². The Kier molecular flexibility index (Phi) is 6.34. The number of methoxy groups -OCH3 is 1. The molecule has 0 N–H and O–H groups in total. The molecule has 0 saturated carbocycles. The van der Waals surface area contributed by atoms with Gasteiger partial charge in [-0.05, 0) is 44.9 Å². The molecule has 1 aliphatic heterocycles. The molecule has 2 aromatic heterocycles. The molecule has 1 fully saturated rings. The molecular weight excluding hydrogens is 342 g/mol. The lowest BCUT2D eigenvalue weighted by Crippen LogP contribution is -2.49. The largest absolute Gasteiger partial charge is 0.383 e. The molecule has 27 heavy (non-hydrogen) atoms. The van der Waals surface area contributed by atoms with E-state index >= 15 is 0 Å². The van der Waals surface area contributed by atoms with Gasteiger partial charge in [0.2, 0.25) is 5.95 Å². The fourth-order valence-electron chi connectivity index (χ4n) is 3.52. The number of pyridine rings is 1. The Balaban J connectivity index is 1.69. The SMILES string of the molecule is COCCN(C(=O)c1cccnc1)C1CCN(c2nc(C)cc(C)n2)CC1. The molecule has 0 aromatic carbocycles. The maximum absolute atomic E-state index is 13.0. The van der Waals surface area contributed by atoms with Crippen LogP contribution in [0.25, 0.3) is 0 Å². The van der Waals surface area contributed by atoms with Gasteiger partial charge in [0.25, 0.3) is 5.91 Å². The van der Waals surface area contributed by atoms with Crippen molar-refractivity contribution in [1.82, 2.24) is 19.9 Å². The molecule has 7 nitrogen and oxygen atoms in total. The molecule has 0 unspecified atom stereocenters. The Morgan fingerprint density at radius 1 is 1.26 bits per heavy atom. The molecule has 1 amide bonds. The van der Waals surface area contributed by atoms with Gasteiger partial charge in [0.1, 0.15) is 0 Å². The number of aromatic nitrogens is 3. The van der Waals surface area contributed by atoms with Crippen LogP contribution >= 0.6 is 0 Å². The fourth-order valence-corrected chi connectivity index (χ4v) is 3.52. The van der Waals surface area contributed by atoms with Crippen molar-refractivity contribution in [1.29, 1.82) is 0 Å². The van der Waals surface area contributed by atoms with Crippen LogP contribution < -0.4 is 4.90 Å². The maximum Gasteiger partial charge on any atom is 0.255 e. The van der Waals surface area contributed by atoms with Crippen LogP contribution in [-0.4, -0.2) is 65.2 Å². The Labute approximate surface area is 160 Å². The zero-order valence-corrected chi connectivity index (χ0v) is 16.3. The highest BCUT2D eigenvalue weighted by Gasteiger charge is 2.29. The number of rotatable bonds is 6. The molecule has 3 heterocycles. The first-order chi connectivity index (χ1) is 13.1. The predicted octanol–water partition coefficient (Wildman–Crippen LogP) is 2.25. The minimum absolute atomic E-state index is 0.0150. The number of nitrogens with zero attached hydrogens (tertiary/aromatic N) is 5. The normalized spacial score (nSPS) is 15.0. The van der Waals surface area contributed by atoms with Gasteiger partial charge >= 0.3 is 0 Å². The van der Waals surface area contributed by atoms with Crippen LogP contribution in [0.5, 0.6) is 0 Å². The van der Waals surface area contributed by atoms with E-state index < -0.39 is 0 Å². The van der Waals surface area contributed by atoms with E-state index in [1.807, 2.05) is 30.9 Å². The highest BCUT2D eigenvalue weighted by molar-refractivity contribution is 5.94. The van der Waals surface area contributed by atoms with E-state index in [-0.39, 0.29) is 11.9 Å². The third-order valence-electron chi connectivity index (χ3n) is 4.86. The van der Waals surface area contributed by atoms with Gasteiger partial charge in [-0.25, -0.2) is 9.97 Å². The van der Waals surface area contributed by atoms with Crippen LogP contribution in [0, 0.1) is 13.8 Å². The summed E-state index contributed by atoms with van der Waals surface area (Å²) in [5.41, 5.74) is 2.58. The summed E-state index contributed by atoms with van der Waals surface area (Å²) in [6.45, 7) is 6.74. The van der Waals surface area contributed by atoms with E-state index in [1.165, 1.54) is 0 Å². The van der Waals surface area contributed by atoms with E-state index in [1.54, 1.807) is 25.6 Å². The van der Waals surface area contributed by atoms with Crippen molar-refractivity contribution >= 4 is 11.9 Å². The number of aryl methyl sites for hydroxylation is 2. The highest BCUT2D eigenvalue weighted by atomic mass is 16.5. The third-order valence-corrected chi connectivity index (χ3v) is 4.86. The first-order valence-electron chi connectivity index (χ1n) is 9.35. The van der Waals surface area contributed by atoms with Crippen molar-refractivity contribution in [2.24, 2.45) is 0 Å². The molecule has 144 valence electrons. The lowest BCUT2D eigenvalue weighted by molar-refractivity contribution is 0.0568. The quantitative estimate of drug-likeness (QED) is 0.778. The van der Waals surface area contributed by atoms with Crippen LogP contribution in [0.1, 0.15) is 34.6 Å². The minimum Gasteiger partial charge on any atom is -0.383 e. The monoisotopic (exact) mass is 369 g/mol. The second kappa shape index (κ2) is 8.90. The zero-order valence-electron chi connectivity index (χ0n) is 16.3. The minimum atomic E-state index is 0.0150. The zero-order chi connectivity index (χ0) is 19.2. The van der Waals surface area contributed by atoms with Gasteiger partial charge in [0, 0.05) is 56.6 Å². The van der Waals surface area contributed by atoms with Crippen molar-refractivity contribution in [3.8, 4) is 0 Å². The van der Waals surface area contributed by atoms with Gasteiger partial charge in [0.15, 0.2) is 0 Å². The summed E-state index contributed by atoms with van der Waals surface area (Å²) in [5, 5.41) is 0. The maximum atomic E-state index is 13.0. The fraction of sp³-hybridized carbons (Fsp3) is 0.500. The van der Waals surface area contributed by atoms with E-state index in [0.717, 1.165) is 43.3 Å². The van der Waals surface area contributed by atoms with Crippen molar-refractivity contribution in [2.45, 2.75) is 32.7 Å². The van der Waals surface area contributed by atoms with E-state index in [4.69, 9.17) is 4.74 Å². The molecule has 0 aliphatic carbocycles. The van der Waals surface area contributed by atoms with Crippen molar-refractivity contribution in [2.75, 3.05) is 38.3 Å². The van der Waals surface area contributed by atoms with Gasteiger partial charge in [-0.2, -0.15) is 0 Å². The Morgan fingerprint density at radius 3 is 2.56 bits per heavy atom. The molecule has 0 spiro atoms. The second-order valence-electron chi connectivity index (χ2n) is 6.90. The molecular formula is C20H27N5O2. The van der Waals surface area contributed by atoms with Gasteiger partial charge in [-0.1, -0.05) is 0 Å². The highest BCUT2D eigenvalue weighted by Crippen LogP contribution is 2.22. The Hall–Kier alpha value is -2.54. The van der Waals surface area contributed by atoms with Crippen molar-refractivity contribution in [3.05, 3.63) is 47.5 Å². The van der Waals surface area contributed by atoms with Crippen molar-refractivity contribution in [3.63, 3.8) is 0 Å². The van der Waals surface area contributed by atoms with Crippen LogP contribution in [0.3, 0.4) is 0 Å². The summed E-state index contributed by atoms with van der Waals surface area (Å²) in [7, 11) is 1.66. The first kappa shape index (κ1) is 19.2. The topological polar surface area (TPSA) is 71.5 Å². The second-order valence-corrected chi connectivity index (χ2v) is 6.90. The lowest BCUT2D eigenvalue weighted by Gasteiger charge is -2.38. The van der Waals surface area contributed by atoms with Crippen LogP contribution in [0.4, 0.5) is 5.95 Å². The number of hydrogen-bond donors (Lipinski definition) is 0. The molecule has 7 heteroatoms. The number of carbonyl (C=O) groups is 1. The molecule has 3 rings (SSSR count). The summed E-state index contributed by atoms with van der Waals surface area (Å²) < 4.78 is 5.23. The summed E-state index contributed by atoms with van der Waals surface area (Å²) in [6.07, 6.45) is 5.07. The standard InChI is InChI=1S/C20H27N5O2/c1-15-13-16(2)23-20(22-15)24-9-6-18(7-10-24)25(11-12-27-3)19(26)17-5-4-8-21-14-17/h4-5,8,13-14,18H,6-7,9-12H2,1-3H3. The molecule has 2 aromatic rings. The molecule has 1 aliphatic rings. The van der Waals surface area contributed by atoms with Crippen molar-refractivity contribution < 1.29 is 9.53 Å². The van der Waals surface area contributed by atoms with Crippen LogP contribution in [0.2, 0.25) is 0 Å². The smallest absolute Gasteiger partial charge is 0.255 e. The first-order valence-corrected chi connectivity index (χ1v) is 9.35. The van der Waals surface area contributed by atoms with Crippen LogP contribution in [0.15, 0.2) is 30.6 Å². The average molecular weight is 369 g/mol. The number of ether oxygens (including phenoxy) is 1. The number of anilines is 1. The summed E-state index contributed by atoms with van der Waals surface area (Å²) in [6, 6.07) is 5.76. The number of piperidine rings is 1. The molecule has 1 saturated heterocycles. The van der Waals surface area contributed by atoms with Gasteiger partial charge in [0.05, 0.1) is 12.2 Å². The Morgan fingerprint density at radius 2 is 1.96 bits per heavy atom. The van der Waals surface area contributed by atoms with Gasteiger partial charge < -0.3 is 14.5 Å². The van der Waals surface area contributed by atoms with E-state index in [0.29, 0.717) is 18.7 Å². The number of hydrogen-bond acceptors (Lipinski definition) is 6. The lowest BCUT2D eigenvalue weighted by atomic mass is 10.0. The number of amides is 1. The van der Waals surface area contributed by atoms with E-state index in [2.05, 4.69) is 19.9 Å². The summed E-state index contributed by atoms with van der Waals surface area (Å²) >= 11 is 0. The molecule has 0 radical (unpaired) electrons. The van der Waals surface area contributed by atoms with E-state index in [9.17, 15) is 4.79 Å². The number of carbonyl (C=O) groups excluding carboxylic acids is 1. The molecule has 0 bridgehead atoms. The summed E-state index contributed by atoms with van der Waals surface area (Å²) in [5.74, 6) is 0.800. The third kappa shape index (κ3) is 4.80. The molecule has 0 atom stereocenters. The summed E-state index contributed by atoms with van der Waals surface area (Å²) in [4.78, 5) is 30.3. The Bertz CT molecular complexity index is 740.